The van der Waals surface area contributed by atoms with E-state index in [0.717, 1.165) is 24.3 Å². The van der Waals surface area contributed by atoms with Crippen LogP contribution in [0.1, 0.15) is 37.6 Å². The molecule has 0 aliphatic heterocycles. The molecule has 0 bridgehead atoms. The molecule has 14 heavy (non-hydrogen) atoms. The fraction of sp³-hybridized carbons (Fsp3) is 0.545. The van der Waals surface area contributed by atoms with Crippen LogP contribution in [0, 0.1) is 18.3 Å². The minimum absolute atomic E-state index is 0.677. The van der Waals surface area contributed by atoms with E-state index in [-0.39, 0.29) is 0 Å². The Morgan fingerprint density at radius 2 is 2.21 bits per heavy atom. The number of rotatable bonds is 4. The van der Waals surface area contributed by atoms with Gasteiger partial charge in [0.05, 0.1) is 5.69 Å². The van der Waals surface area contributed by atoms with E-state index in [1.807, 2.05) is 11.5 Å². The number of nitrogen functional groups attached to an aromatic ring is 1. The molecule has 0 radical (unpaired) electrons. The van der Waals surface area contributed by atoms with E-state index < -0.39 is 0 Å². The first kappa shape index (κ1) is 10.6. The number of nitriles is 1. The van der Waals surface area contributed by atoms with E-state index in [9.17, 15) is 0 Å². The van der Waals surface area contributed by atoms with Crippen LogP contribution in [0.25, 0.3) is 0 Å². The van der Waals surface area contributed by atoms with E-state index in [4.69, 9.17) is 11.0 Å². The molecule has 3 nitrogen and oxygen atoms in total. The van der Waals surface area contributed by atoms with Crippen LogP contribution in [0.15, 0.2) is 6.07 Å². The molecular formula is C11H17N3. The zero-order valence-corrected chi connectivity index (χ0v) is 8.88. The van der Waals surface area contributed by atoms with Gasteiger partial charge >= 0.3 is 0 Å². The second-order valence-electron chi connectivity index (χ2n) is 3.54. The van der Waals surface area contributed by atoms with Crippen molar-refractivity contribution in [1.29, 1.82) is 5.26 Å². The van der Waals surface area contributed by atoms with Crippen molar-refractivity contribution in [2.75, 3.05) is 5.73 Å². The first-order valence-corrected chi connectivity index (χ1v) is 5.06. The fourth-order valence-corrected chi connectivity index (χ4v) is 1.57. The predicted molar refractivity (Wildman–Crippen MR) is 57.8 cm³/mol. The lowest BCUT2D eigenvalue weighted by atomic mass is 10.2. The highest BCUT2D eigenvalue weighted by molar-refractivity contribution is 5.49. The summed E-state index contributed by atoms with van der Waals surface area (Å²) in [7, 11) is 0. The molecule has 0 atom stereocenters. The van der Waals surface area contributed by atoms with Crippen molar-refractivity contribution in [2.24, 2.45) is 0 Å². The lowest BCUT2D eigenvalue weighted by Crippen LogP contribution is -2.03. The Bertz CT molecular complexity index is 344. The molecule has 0 aliphatic carbocycles. The summed E-state index contributed by atoms with van der Waals surface area (Å²) in [4.78, 5) is 0. The van der Waals surface area contributed by atoms with E-state index in [2.05, 4.69) is 13.0 Å². The number of unbranched alkanes of at least 4 members (excludes halogenated alkanes) is 2. The molecule has 1 rings (SSSR count). The van der Waals surface area contributed by atoms with Crippen molar-refractivity contribution >= 4 is 5.69 Å². The largest absolute Gasteiger partial charge is 0.397 e. The number of hydrogen-bond donors (Lipinski definition) is 1. The lowest BCUT2D eigenvalue weighted by Gasteiger charge is -2.06. The van der Waals surface area contributed by atoms with Gasteiger partial charge in [-0.2, -0.15) is 5.26 Å². The number of nitrogens with zero attached hydrogens (tertiary/aromatic N) is 2. The molecule has 0 saturated carbocycles. The normalized spacial score (nSPS) is 10.1. The smallest absolute Gasteiger partial charge is 0.122 e. The van der Waals surface area contributed by atoms with Gasteiger partial charge < -0.3 is 10.3 Å². The maximum Gasteiger partial charge on any atom is 0.122 e. The number of aromatic nitrogens is 1. The number of hydrogen-bond acceptors (Lipinski definition) is 2. The standard InChI is InChI=1S/C11H17N3/c1-3-4-5-6-14-9(2)11(13)7-10(14)8-12/h7H,3-6,13H2,1-2H3. The van der Waals surface area contributed by atoms with Crippen LogP contribution in [-0.2, 0) is 6.54 Å². The van der Waals surface area contributed by atoms with Crippen molar-refractivity contribution in [2.45, 2.75) is 39.7 Å². The molecule has 1 heterocycles. The van der Waals surface area contributed by atoms with Gasteiger partial charge in [0, 0.05) is 12.2 Å². The summed E-state index contributed by atoms with van der Waals surface area (Å²) in [5.74, 6) is 0. The van der Waals surface area contributed by atoms with Gasteiger partial charge in [0.15, 0.2) is 0 Å². The van der Waals surface area contributed by atoms with Gasteiger partial charge in [-0.05, 0) is 19.4 Å². The van der Waals surface area contributed by atoms with Crippen LogP contribution in [0.3, 0.4) is 0 Å². The van der Waals surface area contributed by atoms with Crippen molar-refractivity contribution in [3.8, 4) is 6.07 Å². The zero-order chi connectivity index (χ0) is 10.6. The van der Waals surface area contributed by atoms with Crippen molar-refractivity contribution < 1.29 is 0 Å². The van der Waals surface area contributed by atoms with Crippen LogP contribution in [0.4, 0.5) is 5.69 Å². The Hall–Kier alpha value is -1.43. The van der Waals surface area contributed by atoms with Crippen molar-refractivity contribution in [3.63, 3.8) is 0 Å². The summed E-state index contributed by atoms with van der Waals surface area (Å²) in [6, 6.07) is 3.92. The monoisotopic (exact) mass is 191 g/mol. The summed E-state index contributed by atoms with van der Waals surface area (Å²) in [5.41, 5.74) is 8.16. The molecule has 1 aromatic rings. The molecular weight excluding hydrogens is 174 g/mol. The first-order valence-electron chi connectivity index (χ1n) is 5.06. The van der Waals surface area contributed by atoms with Crippen LogP contribution >= 0.6 is 0 Å². The summed E-state index contributed by atoms with van der Waals surface area (Å²) < 4.78 is 2.00. The summed E-state index contributed by atoms with van der Waals surface area (Å²) in [6.45, 7) is 5.03. The van der Waals surface area contributed by atoms with Crippen molar-refractivity contribution in [3.05, 3.63) is 17.5 Å². The molecule has 1 aromatic heterocycles. The molecule has 0 aromatic carbocycles. The molecule has 0 aliphatic rings. The third-order valence-corrected chi connectivity index (χ3v) is 2.51. The molecule has 0 fully saturated rings. The molecule has 76 valence electrons. The third kappa shape index (κ3) is 2.08. The Morgan fingerprint density at radius 1 is 1.50 bits per heavy atom. The van der Waals surface area contributed by atoms with Gasteiger partial charge in [-0.25, -0.2) is 0 Å². The maximum atomic E-state index is 8.89. The average Bonchev–Trinajstić information content (AvgIpc) is 2.45. The van der Waals surface area contributed by atoms with Crippen LogP contribution < -0.4 is 5.73 Å². The van der Waals surface area contributed by atoms with Crippen LogP contribution in [-0.4, -0.2) is 4.57 Å². The lowest BCUT2D eigenvalue weighted by molar-refractivity contribution is 0.591. The fourth-order valence-electron chi connectivity index (χ4n) is 1.57. The minimum Gasteiger partial charge on any atom is -0.397 e. The van der Waals surface area contributed by atoms with E-state index in [0.29, 0.717) is 5.69 Å². The second kappa shape index (κ2) is 4.71. The predicted octanol–water partition coefficient (Wildman–Crippen LogP) is 2.44. The Kier molecular flexibility index (Phi) is 3.58. The molecule has 0 spiro atoms. The highest BCUT2D eigenvalue weighted by Gasteiger charge is 2.07. The highest BCUT2D eigenvalue weighted by atomic mass is 15.0. The Morgan fingerprint density at radius 3 is 2.79 bits per heavy atom. The summed E-state index contributed by atoms with van der Waals surface area (Å²) >= 11 is 0. The van der Waals surface area contributed by atoms with E-state index in [1.165, 1.54) is 12.8 Å². The van der Waals surface area contributed by atoms with Crippen LogP contribution in [0.5, 0.6) is 0 Å². The van der Waals surface area contributed by atoms with Gasteiger partial charge in [0.25, 0.3) is 0 Å². The van der Waals surface area contributed by atoms with Gasteiger partial charge in [0.1, 0.15) is 11.8 Å². The molecule has 0 unspecified atom stereocenters. The van der Waals surface area contributed by atoms with Gasteiger partial charge in [0.2, 0.25) is 0 Å². The van der Waals surface area contributed by atoms with E-state index in [1.54, 1.807) is 6.07 Å². The minimum atomic E-state index is 0.677. The SMILES string of the molecule is CCCCCn1c(C#N)cc(N)c1C. The van der Waals surface area contributed by atoms with Crippen molar-refractivity contribution in [1.82, 2.24) is 4.57 Å². The average molecular weight is 191 g/mol. The molecule has 0 amide bonds. The topological polar surface area (TPSA) is 54.7 Å². The molecule has 2 N–H and O–H groups in total. The second-order valence-corrected chi connectivity index (χ2v) is 3.54. The zero-order valence-electron chi connectivity index (χ0n) is 8.88. The van der Waals surface area contributed by atoms with Gasteiger partial charge in [-0.1, -0.05) is 19.8 Å². The first-order chi connectivity index (χ1) is 6.70. The molecule has 0 saturated heterocycles. The number of anilines is 1. The summed E-state index contributed by atoms with van der Waals surface area (Å²) in [5, 5.41) is 8.89. The maximum absolute atomic E-state index is 8.89. The van der Waals surface area contributed by atoms with Gasteiger partial charge in [-0.3, -0.25) is 0 Å². The Labute approximate surface area is 85.1 Å². The Balaban J connectivity index is 2.79. The number of nitrogens with two attached hydrogens (primary N) is 1. The highest BCUT2D eigenvalue weighted by Crippen LogP contribution is 2.17. The van der Waals surface area contributed by atoms with Crippen LogP contribution in [0.2, 0.25) is 0 Å². The van der Waals surface area contributed by atoms with Gasteiger partial charge in [-0.15, -0.1) is 0 Å². The van der Waals surface area contributed by atoms with E-state index >= 15 is 0 Å². The summed E-state index contributed by atoms with van der Waals surface area (Å²) in [6.07, 6.45) is 3.50. The molecule has 3 heteroatoms. The quantitative estimate of drug-likeness (QED) is 0.743. The third-order valence-electron chi connectivity index (χ3n) is 2.51.